The zero-order valence-electron chi connectivity index (χ0n) is 30.0. The normalized spacial score (nSPS) is 12.1. The van der Waals surface area contributed by atoms with Crippen molar-refractivity contribution in [2.45, 2.75) is 71.8 Å². The predicted octanol–water partition coefficient (Wildman–Crippen LogP) is 7.00. The summed E-state index contributed by atoms with van der Waals surface area (Å²) in [5, 5.41) is 2.71. The summed E-state index contributed by atoms with van der Waals surface area (Å²) in [6, 6.07) is 19.7. The van der Waals surface area contributed by atoms with Crippen molar-refractivity contribution in [2.24, 2.45) is 4.99 Å². The summed E-state index contributed by atoms with van der Waals surface area (Å²) >= 11 is 0. The van der Waals surface area contributed by atoms with Crippen LogP contribution in [0, 0.1) is 11.8 Å². The molecule has 0 fully saturated rings. The van der Waals surface area contributed by atoms with Gasteiger partial charge in [0.25, 0.3) is 0 Å². The van der Waals surface area contributed by atoms with Crippen LogP contribution >= 0.6 is 0 Å². The number of nitrogens with one attached hydrogen (secondary N) is 1. The number of carbonyl (C=O) groups is 2. The smallest absolute Gasteiger partial charge is 0.437 e. The SMILES string of the molecule is COc1ccc(C#CC(Cc2ccc(OC)c(OC)c2)N(Cc2ccc(OC)cc2)/C(=N/C(=O)OC(C)(C)C)NC(=O)OC(C)(C)C)cc1. The molecule has 0 aliphatic carbocycles. The molecule has 1 N–H and O–H groups in total. The molecule has 0 spiro atoms. The maximum absolute atomic E-state index is 13.3. The number of benzene rings is 3. The molecule has 0 saturated heterocycles. The van der Waals surface area contributed by atoms with Crippen LogP contribution in [0.4, 0.5) is 9.59 Å². The lowest BCUT2D eigenvalue weighted by molar-refractivity contribution is 0.0552. The Labute approximate surface area is 289 Å². The molecule has 0 bridgehead atoms. The van der Waals surface area contributed by atoms with Crippen LogP contribution in [-0.4, -0.2) is 68.7 Å². The van der Waals surface area contributed by atoms with E-state index in [4.69, 9.17) is 28.4 Å². The average Bonchev–Trinajstić information content (AvgIpc) is 3.04. The summed E-state index contributed by atoms with van der Waals surface area (Å²) in [4.78, 5) is 32.5. The van der Waals surface area contributed by atoms with Gasteiger partial charge in [-0.3, -0.25) is 5.32 Å². The molecular weight excluding hydrogens is 626 g/mol. The van der Waals surface area contributed by atoms with Crippen LogP contribution in [0.1, 0.15) is 58.2 Å². The average molecular weight is 674 g/mol. The molecule has 3 rings (SSSR count). The highest BCUT2D eigenvalue weighted by Gasteiger charge is 2.28. The van der Waals surface area contributed by atoms with Crippen molar-refractivity contribution >= 4 is 18.1 Å². The number of hydrogen-bond donors (Lipinski definition) is 1. The maximum atomic E-state index is 13.3. The minimum Gasteiger partial charge on any atom is -0.497 e. The van der Waals surface area contributed by atoms with E-state index in [1.54, 1.807) is 74.9 Å². The zero-order chi connectivity index (χ0) is 36.2. The number of hydrogen-bond acceptors (Lipinski definition) is 8. The number of ether oxygens (including phenoxy) is 6. The Hall–Kier alpha value is -5.37. The summed E-state index contributed by atoms with van der Waals surface area (Å²) in [6.45, 7) is 10.6. The number of alkyl carbamates (subject to hydrolysis) is 1. The van der Waals surface area contributed by atoms with E-state index >= 15 is 0 Å². The van der Waals surface area contributed by atoms with Gasteiger partial charge in [-0.2, -0.15) is 0 Å². The summed E-state index contributed by atoms with van der Waals surface area (Å²) < 4.78 is 32.8. The van der Waals surface area contributed by atoms with Crippen molar-refractivity contribution in [3.05, 3.63) is 83.4 Å². The fourth-order valence-electron chi connectivity index (χ4n) is 4.50. The predicted molar refractivity (Wildman–Crippen MR) is 188 cm³/mol. The van der Waals surface area contributed by atoms with E-state index in [2.05, 4.69) is 22.2 Å². The van der Waals surface area contributed by atoms with Gasteiger partial charge >= 0.3 is 12.2 Å². The van der Waals surface area contributed by atoms with E-state index in [1.165, 1.54) is 0 Å². The van der Waals surface area contributed by atoms with Gasteiger partial charge in [0, 0.05) is 18.5 Å². The Morgan fingerprint density at radius 2 is 1.29 bits per heavy atom. The summed E-state index contributed by atoms with van der Waals surface area (Å²) in [5.74, 6) is 9.00. The van der Waals surface area contributed by atoms with E-state index in [0.29, 0.717) is 29.4 Å². The van der Waals surface area contributed by atoms with Gasteiger partial charge in [-0.15, -0.1) is 4.99 Å². The van der Waals surface area contributed by atoms with Crippen molar-refractivity contribution < 1.29 is 38.0 Å². The lowest BCUT2D eigenvalue weighted by Gasteiger charge is -2.32. The van der Waals surface area contributed by atoms with Crippen LogP contribution in [0.2, 0.25) is 0 Å². The largest absolute Gasteiger partial charge is 0.497 e. The topological polar surface area (TPSA) is 117 Å². The van der Waals surface area contributed by atoms with Crippen LogP contribution < -0.4 is 24.3 Å². The molecule has 1 unspecified atom stereocenters. The van der Waals surface area contributed by atoms with Gasteiger partial charge in [0.15, 0.2) is 11.5 Å². The molecule has 3 aromatic rings. The fourth-order valence-corrected chi connectivity index (χ4v) is 4.50. The molecule has 262 valence electrons. The molecule has 0 heterocycles. The van der Waals surface area contributed by atoms with Crippen molar-refractivity contribution in [3.8, 4) is 34.8 Å². The van der Waals surface area contributed by atoms with Gasteiger partial charge in [0.05, 0.1) is 34.5 Å². The van der Waals surface area contributed by atoms with Crippen LogP contribution in [0.25, 0.3) is 0 Å². The molecule has 11 heteroatoms. The molecule has 0 aliphatic heterocycles. The number of amides is 2. The summed E-state index contributed by atoms with van der Waals surface area (Å²) in [6.07, 6.45) is -1.38. The third kappa shape index (κ3) is 12.6. The first-order chi connectivity index (χ1) is 23.1. The molecule has 0 aromatic heterocycles. The Kier molecular flexibility index (Phi) is 13.3. The van der Waals surface area contributed by atoms with Gasteiger partial charge in [-0.05, 0) is 101 Å². The highest BCUT2D eigenvalue weighted by atomic mass is 16.6. The number of aliphatic imine (C=N–C) groups is 1. The highest BCUT2D eigenvalue weighted by Crippen LogP contribution is 2.29. The first-order valence-corrected chi connectivity index (χ1v) is 15.7. The number of nitrogens with zero attached hydrogens (tertiary/aromatic N) is 2. The minimum absolute atomic E-state index is 0.103. The van der Waals surface area contributed by atoms with Crippen LogP contribution in [0.3, 0.4) is 0 Å². The maximum Gasteiger partial charge on any atom is 0.437 e. The molecule has 3 aromatic carbocycles. The minimum atomic E-state index is -0.897. The lowest BCUT2D eigenvalue weighted by Crippen LogP contribution is -2.50. The molecule has 0 saturated carbocycles. The van der Waals surface area contributed by atoms with Crippen molar-refractivity contribution in [3.63, 3.8) is 0 Å². The van der Waals surface area contributed by atoms with E-state index < -0.39 is 29.4 Å². The van der Waals surface area contributed by atoms with Crippen molar-refractivity contribution in [1.82, 2.24) is 10.2 Å². The Morgan fingerprint density at radius 1 is 0.735 bits per heavy atom. The van der Waals surface area contributed by atoms with Crippen molar-refractivity contribution in [2.75, 3.05) is 28.4 Å². The summed E-state index contributed by atoms with van der Waals surface area (Å²) in [7, 11) is 6.32. The number of rotatable bonds is 9. The van der Waals surface area contributed by atoms with Gasteiger partial charge < -0.3 is 33.3 Å². The zero-order valence-corrected chi connectivity index (χ0v) is 30.0. The lowest BCUT2D eigenvalue weighted by atomic mass is 10.0. The monoisotopic (exact) mass is 673 g/mol. The molecule has 0 aliphatic rings. The molecule has 2 amide bonds. The number of guanidine groups is 1. The second kappa shape index (κ2) is 17.2. The third-order valence-electron chi connectivity index (χ3n) is 6.71. The first kappa shape index (κ1) is 38.1. The van der Waals surface area contributed by atoms with Crippen LogP contribution in [-0.2, 0) is 22.4 Å². The fraction of sp³-hybridized carbons (Fsp3) is 0.395. The van der Waals surface area contributed by atoms with Gasteiger partial charge in [0.2, 0.25) is 5.96 Å². The van der Waals surface area contributed by atoms with Crippen LogP contribution in [0.15, 0.2) is 71.7 Å². The van der Waals surface area contributed by atoms with Gasteiger partial charge in [-0.25, -0.2) is 9.59 Å². The highest BCUT2D eigenvalue weighted by molar-refractivity contribution is 5.99. The van der Waals surface area contributed by atoms with E-state index in [1.807, 2.05) is 66.7 Å². The standard InChI is InChI=1S/C38H47N3O8/c1-37(2,3)48-35(42)39-34(40-36(43)49-38(4,5)6)41(25-27-14-20-31(45-8)21-15-27)29(17-11-26-12-18-30(44-7)19-13-26)23-28-16-22-32(46-9)33(24-28)47-10/h12-16,18-22,24,29H,23,25H2,1-10H3,(H,39,40,42,43). The molecular formula is C38H47N3O8. The number of methoxy groups -OCH3 is 4. The van der Waals surface area contributed by atoms with E-state index in [0.717, 1.165) is 16.7 Å². The second-order valence-corrected chi connectivity index (χ2v) is 12.9. The summed E-state index contributed by atoms with van der Waals surface area (Å²) in [5.41, 5.74) is 0.738. The second-order valence-electron chi connectivity index (χ2n) is 12.9. The van der Waals surface area contributed by atoms with Gasteiger partial charge in [0.1, 0.15) is 22.7 Å². The molecule has 0 radical (unpaired) electrons. The molecule has 49 heavy (non-hydrogen) atoms. The molecule has 11 nitrogen and oxygen atoms in total. The Balaban J connectivity index is 2.25. The van der Waals surface area contributed by atoms with Gasteiger partial charge in [-0.1, -0.05) is 30.0 Å². The molecule has 1 atom stereocenters. The first-order valence-electron chi connectivity index (χ1n) is 15.7. The van der Waals surface area contributed by atoms with E-state index in [-0.39, 0.29) is 12.5 Å². The Bertz CT molecular complexity index is 1640. The van der Waals surface area contributed by atoms with Crippen molar-refractivity contribution in [1.29, 1.82) is 0 Å². The number of carbonyl (C=O) groups excluding carboxylic acids is 2. The van der Waals surface area contributed by atoms with Crippen LogP contribution in [0.5, 0.6) is 23.0 Å². The quantitative estimate of drug-likeness (QED) is 0.146. The van der Waals surface area contributed by atoms with E-state index in [9.17, 15) is 9.59 Å². The third-order valence-corrected chi connectivity index (χ3v) is 6.71. The Morgan fingerprint density at radius 3 is 1.82 bits per heavy atom.